The van der Waals surface area contributed by atoms with E-state index in [0.29, 0.717) is 30.2 Å². The van der Waals surface area contributed by atoms with Crippen LogP contribution in [-0.2, 0) is 16.0 Å². The normalized spacial score (nSPS) is 22.2. The number of carbonyl (C=O) groups excluding carboxylic acids is 2. The van der Waals surface area contributed by atoms with Crippen molar-refractivity contribution >= 4 is 17.5 Å². The van der Waals surface area contributed by atoms with Gasteiger partial charge in [0.1, 0.15) is 12.4 Å². The number of hydrogen-bond donors (Lipinski definition) is 1. The molecular formula is C27H37N3O4. The zero-order chi connectivity index (χ0) is 24.7. The first-order valence-corrected chi connectivity index (χ1v) is 11.9. The summed E-state index contributed by atoms with van der Waals surface area (Å²) >= 11 is 0. The maximum atomic E-state index is 13.3. The number of fused-ring (bicyclic) bond motifs is 1. The number of nitrogens with zero attached hydrogens (tertiary/aromatic N) is 2. The molecule has 0 fully saturated rings. The summed E-state index contributed by atoms with van der Waals surface area (Å²) < 4.78 is 12.0. The predicted molar refractivity (Wildman–Crippen MR) is 134 cm³/mol. The Morgan fingerprint density at radius 3 is 2.56 bits per heavy atom. The first-order valence-electron chi connectivity index (χ1n) is 11.9. The van der Waals surface area contributed by atoms with Gasteiger partial charge in [0, 0.05) is 52.4 Å². The summed E-state index contributed by atoms with van der Waals surface area (Å²) in [5, 5.41) is 2.75. The molecule has 1 aliphatic rings. The van der Waals surface area contributed by atoms with Gasteiger partial charge in [-0.1, -0.05) is 37.3 Å². The number of hydrogen-bond acceptors (Lipinski definition) is 5. The van der Waals surface area contributed by atoms with Gasteiger partial charge in [0.2, 0.25) is 5.91 Å². The van der Waals surface area contributed by atoms with Crippen LogP contribution < -0.4 is 10.1 Å². The lowest BCUT2D eigenvalue weighted by Gasteiger charge is -2.36. The lowest BCUT2D eigenvalue weighted by molar-refractivity contribution is -0.114. The Labute approximate surface area is 203 Å². The Hall–Kier alpha value is -2.90. The van der Waals surface area contributed by atoms with Crippen LogP contribution in [0.1, 0.15) is 36.7 Å². The van der Waals surface area contributed by atoms with Crippen LogP contribution in [0.2, 0.25) is 0 Å². The van der Waals surface area contributed by atoms with Gasteiger partial charge in [-0.25, -0.2) is 0 Å². The van der Waals surface area contributed by atoms with E-state index in [0.717, 1.165) is 19.5 Å². The van der Waals surface area contributed by atoms with Crippen LogP contribution in [0, 0.1) is 5.92 Å². The fourth-order valence-corrected chi connectivity index (χ4v) is 4.36. The van der Waals surface area contributed by atoms with Crippen LogP contribution in [0.15, 0.2) is 48.5 Å². The number of amides is 2. The van der Waals surface area contributed by atoms with Gasteiger partial charge in [0.25, 0.3) is 5.91 Å². The number of carbonyl (C=O) groups is 2. The molecule has 0 aromatic heterocycles. The van der Waals surface area contributed by atoms with Crippen molar-refractivity contribution in [3.05, 3.63) is 59.7 Å². The molecule has 0 radical (unpaired) electrons. The van der Waals surface area contributed by atoms with Gasteiger partial charge in [0.05, 0.1) is 11.7 Å². The number of benzene rings is 2. The summed E-state index contributed by atoms with van der Waals surface area (Å²) in [7, 11) is 3.48. The lowest BCUT2D eigenvalue weighted by Crippen LogP contribution is -2.47. The van der Waals surface area contributed by atoms with E-state index in [9.17, 15) is 9.59 Å². The summed E-state index contributed by atoms with van der Waals surface area (Å²) in [5.74, 6) is 0.378. The highest BCUT2D eigenvalue weighted by molar-refractivity contribution is 5.99. The fourth-order valence-electron chi connectivity index (χ4n) is 4.36. The second-order valence-electron chi connectivity index (χ2n) is 9.22. The molecule has 184 valence electrons. The van der Waals surface area contributed by atoms with E-state index in [1.807, 2.05) is 6.07 Å². The van der Waals surface area contributed by atoms with Crippen LogP contribution in [0.4, 0.5) is 5.69 Å². The number of ether oxygens (including phenoxy) is 2. The van der Waals surface area contributed by atoms with Gasteiger partial charge >= 0.3 is 0 Å². The smallest absolute Gasteiger partial charge is 0.257 e. The minimum Gasteiger partial charge on any atom is -0.491 e. The molecule has 2 amide bonds. The predicted octanol–water partition coefficient (Wildman–Crippen LogP) is 3.69. The summed E-state index contributed by atoms with van der Waals surface area (Å²) in [6.07, 6.45) is 0.840. The van der Waals surface area contributed by atoms with Crippen LogP contribution in [0.5, 0.6) is 5.75 Å². The molecule has 1 heterocycles. The highest BCUT2D eigenvalue weighted by Gasteiger charge is 2.28. The molecule has 0 aliphatic carbocycles. The van der Waals surface area contributed by atoms with Gasteiger partial charge in [-0.15, -0.1) is 0 Å². The van der Waals surface area contributed by atoms with Gasteiger partial charge < -0.3 is 19.7 Å². The third kappa shape index (κ3) is 6.81. The van der Waals surface area contributed by atoms with E-state index in [1.165, 1.54) is 12.5 Å². The molecule has 2 aromatic carbocycles. The maximum absolute atomic E-state index is 13.3. The largest absolute Gasteiger partial charge is 0.491 e. The lowest BCUT2D eigenvalue weighted by atomic mass is 10.0. The van der Waals surface area contributed by atoms with Gasteiger partial charge in [0.15, 0.2) is 0 Å². The first kappa shape index (κ1) is 25.7. The van der Waals surface area contributed by atoms with E-state index < -0.39 is 0 Å². The highest BCUT2D eigenvalue weighted by Crippen LogP contribution is 2.26. The Balaban J connectivity index is 1.88. The second kappa shape index (κ2) is 12.0. The van der Waals surface area contributed by atoms with Gasteiger partial charge in [-0.05, 0) is 43.0 Å². The second-order valence-corrected chi connectivity index (χ2v) is 9.22. The quantitative estimate of drug-likeness (QED) is 0.726. The molecule has 0 bridgehead atoms. The highest BCUT2D eigenvalue weighted by atomic mass is 16.5. The molecule has 0 spiro atoms. The average Bonchev–Trinajstić information content (AvgIpc) is 2.82. The Kier molecular flexibility index (Phi) is 9.07. The number of rotatable bonds is 5. The van der Waals surface area contributed by atoms with Crippen LogP contribution in [-0.4, -0.2) is 74.2 Å². The van der Waals surface area contributed by atoms with Crippen molar-refractivity contribution in [3.63, 3.8) is 0 Å². The van der Waals surface area contributed by atoms with Crippen molar-refractivity contribution in [2.45, 2.75) is 39.3 Å². The van der Waals surface area contributed by atoms with E-state index >= 15 is 0 Å². The first-order chi connectivity index (χ1) is 16.3. The SMILES string of the molecule is CO[C@@H]1CN(C)C(=O)c2cc(NC(C)=O)ccc2OC[C@@H](C)N(CCc2ccccc2)C[C@@H]1C. The van der Waals surface area contributed by atoms with Crippen molar-refractivity contribution < 1.29 is 19.1 Å². The number of methoxy groups -OCH3 is 1. The average molecular weight is 468 g/mol. The number of nitrogens with one attached hydrogen (secondary N) is 1. The third-order valence-electron chi connectivity index (χ3n) is 6.42. The minimum atomic E-state index is -0.189. The molecule has 3 rings (SSSR count). The summed E-state index contributed by atoms with van der Waals surface area (Å²) in [6.45, 7) is 8.42. The molecule has 3 atom stereocenters. The maximum Gasteiger partial charge on any atom is 0.257 e. The summed E-state index contributed by atoms with van der Waals surface area (Å²) in [6, 6.07) is 15.8. The van der Waals surface area contributed by atoms with E-state index in [1.54, 1.807) is 37.3 Å². The molecule has 7 heteroatoms. The van der Waals surface area contributed by atoms with Crippen LogP contribution in [0.25, 0.3) is 0 Å². The Morgan fingerprint density at radius 1 is 1.15 bits per heavy atom. The van der Waals surface area contributed by atoms with Crippen LogP contribution >= 0.6 is 0 Å². The Bertz CT molecular complexity index is 966. The van der Waals surface area contributed by atoms with Gasteiger partial charge in [-0.2, -0.15) is 0 Å². The van der Waals surface area contributed by atoms with Crippen molar-refractivity contribution in [1.82, 2.24) is 9.80 Å². The van der Waals surface area contributed by atoms with Crippen molar-refractivity contribution in [3.8, 4) is 5.75 Å². The van der Waals surface area contributed by atoms with Gasteiger partial charge in [-0.3, -0.25) is 14.5 Å². The topological polar surface area (TPSA) is 71.1 Å². The van der Waals surface area contributed by atoms with Crippen molar-refractivity contribution in [2.24, 2.45) is 5.92 Å². The third-order valence-corrected chi connectivity index (χ3v) is 6.42. The van der Waals surface area contributed by atoms with Crippen LogP contribution in [0.3, 0.4) is 0 Å². The molecule has 0 unspecified atom stereocenters. The molecular weight excluding hydrogens is 430 g/mol. The summed E-state index contributed by atoms with van der Waals surface area (Å²) in [4.78, 5) is 29.0. The van der Waals surface area contributed by atoms with E-state index in [-0.39, 0.29) is 29.9 Å². The molecule has 1 N–H and O–H groups in total. The fraction of sp³-hybridized carbons (Fsp3) is 0.481. The standard InChI is InChI=1S/C27H37N3O4/c1-19-16-30(14-13-22-9-7-6-8-10-22)20(2)18-34-25-12-11-23(28-21(3)31)15-24(25)27(32)29(4)17-26(19)33-5/h6-12,15,19-20,26H,13-14,16-18H2,1-5H3,(H,28,31)/t19-,20+,26+/m0/s1. The molecule has 1 aliphatic heterocycles. The number of anilines is 1. The zero-order valence-electron chi connectivity index (χ0n) is 20.9. The molecule has 34 heavy (non-hydrogen) atoms. The monoisotopic (exact) mass is 467 g/mol. The molecule has 0 saturated carbocycles. The molecule has 7 nitrogen and oxygen atoms in total. The molecule has 0 saturated heterocycles. The van der Waals surface area contributed by atoms with E-state index in [2.05, 4.69) is 48.3 Å². The minimum absolute atomic E-state index is 0.109. The van der Waals surface area contributed by atoms with E-state index in [4.69, 9.17) is 9.47 Å². The number of likely N-dealkylation sites (N-methyl/N-ethyl adjacent to an activating group) is 1. The summed E-state index contributed by atoms with van der Waals surface area (Å²) in [5.41, 5.74) is 2.30. The Morgan fingerprint density at radius 2 is 1.88 bits per heavy atom. The zero-order valence-corrected chi connectivity index (χ0v) is 20.9. The molecule has 2 aromatic rings. The van der Waals surface area contributed by atoms with Crippen molar-refractivity contribution in [2.75, 3.05) is 45.7 Å². The van der Waals surface area contributed by atoms with Crippen molar-refractivity contribution in [1.29, 1.82) is 0 Å².